The van der Waals surface area contributed by atoms with E-state index in [4.69, 9.17) is 0 Å². The number of hydrogen-bond acceptors (Lipinski definition) is 3. The number of halogens is 2. The summed E-state index contributed by atoms with van der Waals surface area (Å²) in [5.74, 6) is -0.0753. The summed E-state index contributed by atoms with van der Waals surface area (Å²) < 4.78 is 1.86. The highest BCUT2D eigenvalue weighted by Gasteiger charge is 2.13. The van der Waals surface area contributed by atoms with Crippen LogP contribution in [0.15, 0.2) is 79.3 Å². The van der Waals surface area contributed by atoms with Gasteiger partial charge in [0.2, 0.25) is 5.78 Å². The van der Waals surface area contributed by atoms with Gasteiger partial charge in [0, 0.05) is 29.7 Å². The van der Waals surface area contributed by atoms with Gasteiger partial charge in [-0.2, -0.15) is 0 Å². The predicted molar refractivity (Wildman–Crippen MR) is 103 cm³/mol. The van der Waals surface area contributed by atoms with E-state index in [1.807, 2.05) is 59.1 Å². The molecule has 6 heteroatoms. The van der Waals surface area contributed by atoms with Crippen LogP contribution in [0.3, 0.4) is 0 Å². The molecule has 3 heterocycles. The molecule has 0 aliphatic carbocycles. The highest BCUT2D eigenvalue weighted by molar-refractivity contribution is 6.07. The Balaban J connectivity index is 0.00000113. The summed E-state index contributed by atoms with van der Waals surface area (Å²) in [5.41, 5.74) is 3.69. The molecule has 0 bridgehead atoms. The number of pyridine rings is 2. The highest BCUT2D eigenvalue weighted by Crippen LogP contribution is 2.18. The Morgan fingerprint density at radius 1 is 0.840 bits per heavy atom. The molecule has 0 fully saturated rings. The number of nitrogens with zero attached hydrogens (tertiary/aromatic N) is 3. The molecule has 4 aromatic rings. The van der Waals surface area contributed by atoms with Crippen LogP contribution in [0.5, 0.6) is 0 Å². The molecule has 0 amide bonds. The summed E-state index contributed by atoms with van der Waals surface area (Å²) in [6.07, 6.45) is 5.46. The van der Waals surface area contributed by atoms with E-state index in [2.05, 4.69) is 9.97 Å². The Kier molecular flexibility index (Phi) is 5.91. The monoisotopic (exact) mass is 371 g/mol. The lowest BCUT2D eigenvalue weighted by atomic mass is 10.1. The molecule has 0 N–H and O–H groups in total. The average Bonchev–Trinajstić information content (AvgIpc) is 3.06. The van der Waals surface area contributed by atoms with Gasteiger partial charge in [-0.3, -0.25) is 9.78 Å². The van der Waals surface area contributed by atoms with Crippen molar-refractivity contribution in [2.45, 2.75) is 0 Å². The first kappa shape index (κ1) is 18.6. The maximum Gasteiger partial charge on any atom is 0.212 e. The summed E-state index contributed by atoms with van der Waals surface area (Å²) in [6, 6.07) is 18.8. The second kappa shape index (κ2) is 7.92. The molecule has 25 heavy (non-hydrogen) atoms. The number of fused-ring (bicyclic) bond motifs is 1. The zero-order valence-electron chi connectivity index (χ0n) is 13.1. The van der Waals surface area contributed by atoms with Crippen LogP contribution in [0.25, 0.3) is 16.9 Å². The fraction of sp³-hybridized carbons (Fsp3) is 0. The summed E-state index contributed by atoms with van der Waals surface area (Å²) in [5, 5.41) is 0. The number of hydrogen-bond donors (Lipinski definition) is 0. The van der Waals surface area contributed by atoms with Crippen molar-refractivity contribution < 1.29 is 4.79 Å². The van der Waals surface area contributed by atoms with E-state index >= 15 is 0 Å². The minimum Gasteiger partial charge on any atom is -0.306 e. The van der Waals surface area contributed by atoms with Gasteiger partial charge in [-0.1, -0.05) is 36.4 Å². The summed E-state index contributed by atoms with van der Waals surface area (Å²) in [7, 11) is 0. The van der Waals surface area contributed by atoms with Crippen molar-refractivity contribution in [3.63, 3.8) is 0 Å². The van der Waals surface area contributed by atoms with Gasteiger partial charge in [0.05, 0.1) is 5.69 Å². The van der Waals surface area contributed by atoms with Crippen molar-refractivity contribution in [2.75, 3.05) is 0 Å². The van der Waals surface area contributed by atoms with Gasteiger partial charge in [0.15, 0.2) is 0 Å². The maximum absolute atomic E-state index is 12.5. The summed E-state index contributed by atoms with van der Waals surface area (Å²) in [4.78, 5) is 21.2. The number of rotatable bonds is 3. The van der Waals surface area contributed by atoms with Crippen LogP contribution in [0.2, 0.25) is 0 Å². The van der Waals surface area contributed by atoms with Crippen LogP contribution in [-0.4, -0.2) is 20.2 Å². The van der Waals surface area contributed by atoms with Crippen molar-refractivity contribution in [2.24, 2.45) is 0 Å². The van der Waals surface area contributed by atoms with E-state index in [9.17, 15) is 4.79 Å². The molecule has 0 unspecified atom stereocenters. The highest BCUT2D eigenvalue weighted by atomic mass is 35.5. The fourth-order valence-electron chi connectivity index (χ4n) is 2.52. The van der Waals surface area contributed by atoms with E-state index in [-0.39, 0.29) is 30.6 Å². The third kappa shape index (κ3) is 3.71. The molecular formula is C19H15Cl2N3O. The third-order valence-electron chi connectivity index (χ3n) is 3.68. The van der Waals surface area contributed by atoms with Crippen LogP contribution in [0, 0.1) is 0 Å². The number of aromatic nitrogens is 3. The molecule has 4 nitrogen and oxygen atoms in total. The van der Waals surface area contributed by atoms with Crippen molar-refractivity contribution in [1.82, 2.24) is 14.4 Å². The van der Waals surface area contributed by atoms with Gasteiger partial charge in [-0.15, -0.1) is 24.8 Å². The first-order valence-corrected chi connectivity index (χ1v) is 7.31. The molecule has 0 saturated carbocycles. The minimum atomic E-state index is -0.0753. The summed E-state index contributed by atoms with van der Waals surface area (Å²) in [6.45, 7) is 0. The Morgan fingerprint density at radius 3 is 2.32 bits per heavy atom. The van der Waals surface area contributed by atoms with E-state index < -0.39 is 0 Å². The zero-order chi connectivity index (χ0) is 15.6. The van der Waals surface area contributed by atoms with Crippen molar-refractivity contribution in [3.05, 3.63) is 90.5 Å². The Bertz CT molecular complexity index is 985. The smallest absolute Gasteiger partial charge is 0.212 e. The molecule has 0 atom stereocenters. The molecule has 126 valence electrons. The lowest BCUT2D eigenvalue weighted by molar-refractivity contribution is 0.103. The Hall–Kier alpha value is -2.69. The number of carbonyl (C=O) groups is 1. The standard InChI is InChI=1S/C19H13N3O.2ClH/c23-19(14-6-2-1-3-7-14)17-13-22-12-15(9-10-18(22)21-17)16-8-4-5-11-20-16;;/h1-13H;2*1H. The van der Waals surface area contributed by atoms with Gasteiger partial charge in [0.1, 0.15) is 11.3 Å². The first-order valence-electron chi connectivity index (χ1n) is 7.31. The topological polar surface area (TPSA) is 47.3 Å². The zero-order valence-corrected chi connectivity index (χ0v) is 14.7. The van der Waals surface area contributed by atoms with Crippen molar-refractivity contribution in [3.8, 4) is 11.3 Å². The molecule has 3 aromatic heterocycles. The Labute approximate surface area is 157 Å². The normalized spacial score (nSPS) is 9.92. The number of carbonyl (C=O) groups excluding carboxylic acids is 1. The van der Waals surface area contributed by atoms with Gasteiger partial charge < -0.3 is 4.40 Å². The summed E-state index contributed by atoms with van der Waals surface area (Å²) >= 11 is 0. The second-order valence-electron chi connectivity index (χ2n) is 5.22. The SMILES string of the molecule is Cl.Cl.O=C(c1ccccc1)c1cn2cc(-c3ccccn3)ccc2n1. The fourth-order valence-corrected chi connectivity index (χ4v) is 2.52. The minimum absolute atomic E-state index is 0. The number of imidazole rings is 1. The van der Waals surface area contributed by atoms with Crippen LogP contribution in [-0.2, 0) is 0 Å². The van der Waals surface area contributed by atoms with Gasteiger partial charge in [0.25, 0.3) is 0 Å². The predicted octanol–water partition coefficient (Wildman–Crippen LogP) is 4.47. The lowest BCUT2D eigenvalue weighted by Crippen LogP contribution is -2.00. The quantitative estimate of drug-likeness (QED) is 0.499. The van der Waals surface area contributed by atoms with E-state index in [1.54, 1.807) is 24.5 Å². The van der Waals surface area contributed by atoms with Crippen molar-refractivity contribution >= 4 is 36.2 Å². The van der Waals surface area contributed by atoms with Crippen LogP contribution in [0.1, 0.15) is 16.1 Å². The largest absolute Gasteiger partial charge is 0.306 e. The van der Waals surface area contributed by atoms with Gasteiger partial charge in [-0.05, 0) is 24.3 Å². The molecule has 0 radical (unpaired) electrons. The molecule has 0 aliphatic rings. The first-order chi connectivity index (χ1) is 11.3. The number of benzene rings is 1. The van der Waals surface area contributed by atoms with Gasteiger partial charge in [-0.25, -0.2) is 4.98 Å². The molecule has 4 rings (SSSR count). The van der Waals surface area contributed by atoms with Gasteiger partial charge >= 0.3 is 0 Å². The molecule has 0 aliphatic heterocycles. The maximum atomic E-state index is 12.5. The van der Waals surface area contributed by atoms with Crippen LogP contribution in [0.4, 0.5) is 0 Å². The second-order valence-corrected chi connectivity index (χ2v) is 5.22. The molecule has 1 aromatic carbocycles. The molecule has 0 spiro atoms. The van der Waals surface area contributed by atoms with E-state index in [0.29, 0.717) is 11.3 Å². The van der Waals surface area contributed by atoms with Crippen molar-refractivity contribution in [1.29, 1.82) is 0 Å². The third-order valence-corrected chi connectivity index (χ3v) is 3.68. The Morgan fingerprint density at radius 2 is 1.60 bits per heavy atom. The van der Waals surface area contributed by atoms with Crippen LogP contribution >= 0.6 is 24.8 Å². The number of ketones is 1. The van der Waals surface area contributed by atoms with E-state index in [0.717, 1.165) is 16.9 Å². The lowest BCUT2D eigenvalue weighted by Gasteiger charge is -2.00. The molecular weight excluding hydrogens is 357 g/mol. The van der Waals surface area contributed by atoms with Crippen LogP contribution < -0.4 is 0 Å². The average molecular weight is 372 g/mol. The molecule has 0 saturated heterocycles. The van der Waals surface area contributed by atoms with E-state index in [1.165, 1.54) is 0 Å².